The van der Waals surface area contributed by atoms with Crippen LogP contribution >= 0.6 is 0 Å². The zero-order chi connectivity index (χ0) is 35.5. The molecule has 17 nitrogen and oxygen atoms in total. The molecule has 1 aliphatic heterocycles. The monoisotopic (exact) mass is 668 g/mol. The number of aliphatic hydroxyl groups is 1. The Morgan fingerprint density at radius 3 is 2.02 bits per heavy atom. The van der Waals surface area contributed by atoms with E-state index in [1.54, 1.807) is 6.92 Å². The van der Waals surface area contributed by atoms with E-state index in [-0.39, 0.29) is 37.7 Å². The van der Waals surface area contributed by atoms with Gasteiger partial charge in [-0.1, -0.05) is 13.3 Å². The average molecular weight is 669 g/mol. The van der Waals surface area contributed by atoms with E-state index >= 15 is 0 Å². The quantitative estimate of drug-likeness (QED) is 0.0350. The fourth-order valence-electron chi connectivity index (χ4n) is 5.31. The molecule has 0 radical (unpaired) electrons. The van der Waals surface area contributed by atoms with Crippen LogP contribution in [0, 0.1) is 0 Å². The van der Waals surface area contributed by atoms with Crippen LogP contribution in [-0.2, 0) is 28.8 Å². The molecule has 1 heterocycles. The maximum Gasteiger partial charge on any atom is 0.245 e. The minimum Gasteiger partial charge on any atom is -0.391 e. The molecule has 12 N–H and O–H groups in total. The molecule has 1 saturated heterocycles. The molecule has 0 aromatic heterocycles. The lowest BCUT2D eigenvalue weighted by Gasteiger charge is -2.30. The number of carbonyl (C=O) groups excluding carboxylic acids is 6. The first kappa shape index (κ1) is 41.0. The van der Waals surface area contributed by atoms with Gasteiger partial charge in [0.05, 0.1) is 6.10 Å². The Balaban J connectivity index is 3.23. The van der Waals surface area contributed by atoms with Gasteiger partial charge in [0.25, 0.3) is 0 Å². The summed E-state index contributed by atoms with van der Waals surface area (Å²) in [6.07, 6.45) is 2.37. The van der Waals surface area contributed by atoms with Crippen molar-refractivity contribution in [2.24, 2.45) is 22.2 Å². The number of guanidine groups is 1. The van der Waals surface area contributed by atoms with Crippen molar-refractivity contribution in [1.29, 1.82) is 0 Å². The van der Waals surface area contributed by atoms with Crippen molar-refractivity contribution < 1.29 is 33.9 Å². The predicted molar refractivity (Wildman–Crippen MR) is 176 cm³/mol. The third-order valence-electron chi connectivity index (χ3n) is 7.66. The lowest BCUT2D eigenvalue weighted by atomic mass is 10.0. The van der Waals surface area contributed by atoms with Gasteiger partial charge >= 0.3 is 0 Å². The third-order valence-corrected chi connectivity index (χ3v) is 7.66. The van der Waals surface area contributed by atoms with Gasteiger partial charge in [0, 0.05) is 26.6 Å². The number of aliphatic imine (C=N–C) groups is 1. The maximum atomic E-state index is 13.8. The molecule has 268 valence electrons. The average Bonchev–Trinajstić information content (AvgIpc) is 3.50. The molecule has 0 saturated carbocycles. The van der Waals surface area contributed by atoms with Crippen molar-refractivity contribution in [2.45, 2.75) is 122 Å². The second-order valence-electron chi connectivity index (χ2n) is 11.7. The Bertz CT molecular complexity index is 1080. The maximum absolute atomic E-state index is 13.8. The van der Waals surface area contributed by atoms with Gasteiger partial charge in [0.1, 0.15) is 30.2 Å². The van der Waals surface area contributed by atoms with Gasteiger partial charge in [0.2, 0.25) is 35.4 Å². The highest BCUT2D eigenvalue weighted by Crippen LogP contribution is 2.20. The largest absolute Gasteiger partial charge is 0.391 e. The predicted octanol–water partition coefficient (Wildman–Crippen LogP) is -2.56. The van der Waals surface area contributed by atoms with Crippen molar-refractivity contribution in [3.8, 4) is 0 Å². The van der Waals surface area contributed by atoms with E-state index in [9.17, 15) is 33.9 Å². The smallest absolute Gasteiger partial charge is 0.245 e. The Morgan fingerprint density at radius 2 is 1.47 bits per heavy atom. The number of likely N-dealkylation sites (tertiary alicyclic amines) is 1. The number of unbranched alkanes of at least 4 members (excludes halogenated alkanes) is 1. The molecule has 0 spiro atoms. The van der Waals surface area contributed by atoms with E-state index in [0.717, 1.165) is 0 Å². The van der Waals surface area contributed by atoms with E-state index in [1.807, 2.05) is 6.92 Å². The number of aliphatic hydroxyl groups excluding tert-OH is 1. The fraction of sp³-hybridized carbons (Fsp3) is 0.767. The lowest BCUT2D eigenvalue weighted by Crippen LogP contribution is -2.60. The van der Waals surface area contributed by atoms with E-state index < -0.39 is 65.8 Å². The number of hydrogen-bond acceptors (Lipinski definition) is 9. The van der Waals surface area contributed by atoms with E-state index in [1.165, 1.54) is 18.7 Å². The molecule has 1 rings (SSSR count). The molecule has 0 unspecified atom stereocenters. The normalized spacial score (nSPS) is 17.3. The number of carbonyl (C=O) groups is 6. The zero-order valence-corrected chi connectivity index (χ0v) is 28.2. The summed E-state index contributed by atoms with van der Waals surface area (Å²) in [6, 6.07) is -5.15. The van der Waals surface area contributed by atoms with Crippen molar-refractivity contribution in [1.82, 2.24) is 31.5 Å². The Labute approximate surface area is 277 Å². The summed E-state index contributed by atoms with van der Waals surface area (Å²) in [7, 11) is 0. The summed E-state index contributed by atoms with van der Waals surface area (Å²) in [6.45, 7) is 7.47. The van der Waals surface area contributed by atoms with Gasteiger partial charge < -0.3 is 53.8 Å². The van der Waals surface area contributed by atoms with Crippen LogP contribution in [0.25, 0.3) is 0 Å². The van der Waals surface area contributed by atoms with E-state index in [0.29, 0.717) is 58.2 Å². The minimum atomic E-state index is -1.29. The van der Waals surface area contributed by atoms with E-state index in [4.69, 9.17) is 17.2 Å². The third kappa shape index (κ3) is 14.5. The van der Waals surface area contributed by atoms with Gasteiger partial charge in [-0.15, -0.1) is 0 Å². The van der Waals surface area contributed by atoms with Gasteiger partial charge in [-0.2, -0.15) is 0 Å². The van der Waals surface area contributed by atoms with Gasteiger partial charge in [0.15, 0.2) is 5.96 Å². The zero-order valence-electron chi connectivity index (χ0n) is 28.2. The summed E-state index contributed by atoms with van der Waals surface area (Å²) in [5, 5.41) is 23.2. The summed E-state index contributed by atoms with van der Waals surface area (Å²) < 4.78 is 0. The molecule has 17 heteroatoms. The Morgan fingerprint density at radius 1 is 0.872 bits per heavy atom. The topological polar surface area (TPSA) is 276 Å². The Kier molecular flexibility index (Phi) is 19.0. The van der Waals surface area contributed by atoms with Crippen molar-refractivity contribution in [2.75, 3.05) is 26.2 Å². The van der Waals surface area contributed by atoms with Gasteiger partial charge in [-0.3, -0.25) is 33.8 Å². The SMILES string of the molecule is CCC[C@H](NC(=O)[C@@H](NC(C)=O)[C@@H](C)O)C(=O)N[C@@H](CCCCN)C(=O)N[C@@H](CCCN=C(N)N)C(=O)N1CCC[C@H]1C(=O)NCC. The first-order valence-electron chi connectivity index (χ1n) is 16.5. The van der Waals surface area contributed by atoms with E-state index in [2.05, 4.69) is 31.6 Å². The fourth-order valence-corrected chi connectivity index (χ4v) is 5.31. The van der Waals surface area contributed by atoms with Crippen molar-refractivity contribution in [3.05, 3.63) is 0 Å². The number of rotatable bonds is 21. The summed E-state index contributed by atoms with van der Waals surface area (Å²) in [5.74, 6) is -3.36. The van der Waals surface area contributed by atoms with Crippen LogP contribution in [0.5, 0.6) is 0 Å². The molecule has 0 aromatic rings. The number of amides is 6. The molecular formula is C30H56N10O7. The molecule has 1 fully saturated rings. The minimum absolute atomic E-state index is 0.110. The second-order valence-corrected chi connectivity index (χ2v) is 11.7. The molecule has 1 aliphatic rings. The molecule has 0 aliphatic carbocycles. The van der Waals surface area contributed by atoms with Crippen molar-refractivity contribution in [3.63, 3.8) is 0 Å². The molecule has 6 atom stereocenters. The van der Waals surface area contributed by atoms with Crippen LogP contribution in [0.2, 0.25) is 0 Å². The van der Waals surface area contributed by atoms with Crippen molar-refractivity contribution >= 4 is 41.4 Å². The van der Waals surface area contributed by atoms with Crippen LogP contribution < -0.4 is 43.8 Å². The van der Waals surface area contributed by atoms with Crippen LogP contribution in [0.15, 0.2) is 4.99 Å². The lowest BCUT2D eigenvalue weighted by molar-refractivity contribution is -0.142. The summed E-state index contributed by atoms with van der Waals surface area (Å²) >= 11 is 0. The number of nitrogens with two attached hydrogens (primary N) is 3. The Hall–Kier alpha value is -3.99. The molecule has 6 amide bonds. The van der Waals surface area contributed by atoms with Crippen LogP contribution in [0.1, 0.15) is 85.5 Å². The first-order chi connectivity index (χ1) is 22.3. The number of nitrogens with zero attached hydrogens (tertiary/aromatic N) is 2. The number of hydrogen-bond donors (Lipinski definition) is 9. The molecule has 47 heavy (non-hydrogen) atoms. The molecule has 0 aromatic carbocycles. The molecule has 0 bridgehead atoms. The van der Waals surface area contributed by atoms with Gasteiger partial charge in [-0.25, -0.2) is 0 Å². The number of likely N-dealkylation sites (N-methyl/N-ethyl adjacent to an activating group) is 1. The van der Waals surface area contributed by atoms with Gasteiger partial charge in [-0.05, 0) is 71.8 Å². The van der Waals surface area contributed by atoms with Crippen LogP contribution in [-0.4, -0.2) is 114 Å². The highest BCUT2D eigenvalue weighted by Gasteiger charge is 2.38. The highest BCUT2D eigenvalue weighted by molar-refractivity contribution is 5.96. The summed E-state index contributed by atoms with van der Waals surface area (Å²) in [4.78, 5) is 83.6. The first-order valence-corrected chi connectivity index (χ1v) is 16.5. The second kappa shape index (κ2) is 21.7. The number of nitrogens with one attached hydrogen (secondary N) is 5. The van der Waals surface area contributed by atoms with Crippen LogP contribution in [0.4, 0.5) is 0 Å². The molecular weight excluding hydrogens is 612 g/mol. The highest BCUT2D eigenvalue weighted by atomic mass is 16.3. The standard InChI is InChI=1S/C30H56N10O7/c1-5-11-20(38-28(46)24(18(3)41)36-19(4)42)25(43)37-21(12-7-8-15-31)26(44)39-22(13-9-16-35-30(32)33)29(47)40-17-10-14-23(40)27(45)34-6-2/h18,20-24,41H,5-17,31H2,1-4H3,(H,34,45)(H,36,42)(H,37,43)(H,38,46)(H,39,44)(H4,32,33,35)/t18-,20+,21+,22+,23+,24+/m1/s1. The van der Waals surface area contributed by atoms with Crippen LogP contribution in [0.3, 0.4) is 0 Å². The summed E-state index contributed by atoms with van der Waals surface area (Å²) in [5.41, 5.74) is 16.5.